The predicted molar refractivity (Wildman–Crippen MR) is 86.6 cm³/mol. The normalized spacial score (nSPS) is 17.3. The first kappa shape index (κ1) is 16.8. The molecule has 0 aromatic carbocycles. The van der Waals surface area contributed by atoms with Crippen LogP contribution in [-0.2, 0) is 0 Å². The SMILES string of the molecule is CCCCCCCC(CC1=CCCCC1)NCCC. The Kier molecular flexibility index (Phi) is 10.2. The Labute approximate surface area is 121 Å². The number of unbranched alkanes of at least 4 members (excludes halogenated alkanes) is 4. The molecule has 0 aromatic heterocycles. The molecule has 0 saturated heterocycles. The number of rotatable bonds is 11. The van der Waals surface area contributed by atoms with E-state index in [9.17, 15) is 0 Å². The van der Waals surface area contributed by atoms with Crippen molar-refractivity contribution in [3.05, 3.63) is 11.6 Å². The maximum absolute atomic E-state index is 3.77. The molecule has 1 aliphatic rings. The first-order valence-corrected chi connectivity index (χ1v) is 8.78. The summed E-state index contributed by atoms with van der Waals surface area (Å²) in [5.41, 5.74) is 1.73. The third-order valence-corrected chi connectivity index (χ3v) is 4.23. The monoisotopic (exact) mass is 265 g/mol. The Balaban J connectivity index is 2.23. The molecule has 0 aromatic rings. The van der Waals surface area contributed by atoms with E-state index in [1.54, 1.807) is 5.57 Å². The molecule has 0 saturated carbocycles. The van der Waals surface area contributed by atoms with E-state index in [4.69, 9.17) is 0 Å². The van der Waals surface area contributed by atoms with Crippen LogP contribution in [0.5, 0.6) is 0 Å². The van der Waals surface area contributed by atoms with Gasteiger partial charge in [-0.1, -0.05) is 57.6 Å². The molecule has 1 heteroatoms. The molecule has 0 radical (unpaired) electrons. The summed E-state index contributed by atoms with van der Waals surface area (Å²) in [6.45, 7) is 5.75. The van der Waals surface area contributed by atoms with Crippen molar-refractivity contribution in [2.75, 3.05) is 6.54 Å². The van der Waals surface area contributed by atoms with Gasteiger partial charge in [0.15, 0.2) is 0 Å². The largest absolute Gasteiger partial charge is 0.314 e. The highest BCUT2D eigenvalue weighted by molar-refractivity contribution is 5.07. The zero-order valence-electron chi connectivity index (χ0n) is 13.3. The average molecular weight is 265 g/mol. The Hall–Kier alpha value is -0.300. The van der Waals surface area contributed by atoms with Gasteiger partial charge >= 0.3 is 0 Å². The van der Waals surface area contributed by atoms with Crippen molar-refractivity contribution in [2.24, 2.45) is 0 Å². The van der Waals surface area contributed by atoms with E-state index in [1.165, 1.54) is 83.6 Å². The van der Waals surface area contributed by atoms with E-state index in [2.05, 4.69) is 25.2 Å². The van der Waals surface area contributed by atoms with E-state index >= 15 is 0 Å². The minimum absolute atomic E-state index is 0.742. The molecule has 0 amide bonds. The molecular weight excluding hydrogens is 230 g/mol. The fourth-order valence-corrected chi connectivity index (χ4v) is 3.03. The van der Waals surface area contributed by atoms with Crippen molar-refractivity contribution in [3.63, 3.8) is 0 Å². The first-order chi connectivity index (χ1) is 9.36. The topological polar surface area (TPSA) is 12.0 Å². The van der Waals surface area contributed by atoms with Crippen LogP contribution in [0, 0.1) is 0 Å². The maximum Gasteiger partial charge on any atom is 0.0104 e. The van der Waals surface area contributed by atoms with Crippen LogP contribution in [0.1, 0.15) is 90.9 Å². The minimum Gasteiger partial charge on any atom is -0.314 e. The van der Waals surface area contributed by atoms with Gasteiger partial charge in [-0.25, -0.2) is 0 Å². The van der Waals surface area contributed by atoms with E-state index in [-0.39, 0.29) is 0 Å². The van der Waals surface area contributed by atoms with Crippen LogP contribution in [0.3, 0.4) is 0 Å². The molecule has 1 N–H and O–H groups in total. The summed E-state index contributed by atoms with van der Waals surface area (Å²) in [6.07, 6.45) is 19.0. The van der Waals surface area contributed by atoms with Crippen LogP contribution in [0.2, 0.25) is 0 Å². The van der Waals surface area contributed by atoms with Gasteiger partial charge in [-0.2, -0.15) is 0 Å². The van der Waals surface area contributed by atoms with E-state index in [0.717, 1.165) is 6.04 Å². The quantitative estimate of drug-likeness (QED) is 0.378. The molecule has 0 spiro atoms. The first-order valence-electron chi connectivity index (χ1n) is 8.78. The number of hydrogen-bond donors (Lipinski definition) is 1. The lowest BCUT2D eigenvalue weighted by atomic mass is 9.92. The highest BCUT2D eigenvalue weighted by atomic mass is 14.9. The van der Waals surface area contributed by atoms with E-state index < -0.39 is 0 Å². The van der Waals surface area contributed by atoms with Gasteiger partial charge in [0, 0.05) is 6.04 Å². The van der Waals surface area contributed by atoms with Gasteiger partial charge in [0.25, 0.3) is 0 Å². The third-order valence-electron chi connectivity index (χ3n) is 4.23. The van der Waals surface area contributed by atoms with Crippen LogP contribution in [-0.4, -0.2) is 12.6 Å². The van der Waals surface area contributed by atoms with Gasteiger partial charge in [-0.15, -0.1) is 0 Å². The summed E-state index contributed by atoms with van der Waals surface area (Å²) in [7, 11) is 0. The average Bonchev–Trinajstić information content (AvgIpc) is 2.45. The molecule has 1 atom stereocenters. The van der Waals surface area contributed by atoms with Gasteiger partial charge in [0.2, 0.25) is 0 Å². The molecule has 0 aliphatic heterocycles. The molecule has 0 heterocycles. The van der Waals surface area contributed by atoms with E-state index in [0.29, 0.717) is 0 Å². The summed E-state index contributed by atoms with van der Waals surface area (Å²) >= 11 is 0. The molecule has 1 unspecified atom stereocenters. The summed E-state index contributed by atoms with van der Waals surface area (Å²) in [5, 5.41) is 3.77. The summed E-state index contributed by atoms with van der Waals surface area (Å²) in [4.78, 5) is 0. The Bertz CT molecular complexity index is 232. The van der Waals surface area contributed by atoms with E-state index in [1.807, 2.05) is 0 Å². The Morgan fingerprint density at radius 1 is 1.05 bits per heavy atom. The smallest absolute Gasteiger partial charge is 0.0104 e. The highest BCUT2D eigenvalue weighted by Gasteiger charge is 2.12. The Morgan fingerprint density at radius 2 is 1.89 bits per heavy atom. The summed E-state index contributed by atoms with van der Waals surface area (Å²) in [5.74, 6) is 0. The highest BCUT2D eigenvalue weighted by Crippen LogP contribution is 2.23. The van der Waals surface area contributed by atoms with Gasteiger partial charge in [0.1, 0.15) is 0 Å². The second kappa shape index (κ2) is 11.5. The maximum atomic E-state index is 3.77. The molecule has 1 rings (SSSR count). The standard InChI is InChI=1S/C18H35N/c1-3-5-6-7-11-14-18(19-15-4-2)16-17-12-9-8-10-13-17/h12,18-19H,3-11,13-16H2,1-2H3. The van der Waals surface area contributed by atoms with Crippen molar-refractivity contribution in [3.8, 4) is 0 Å². The zero-order chi connectivity index (χ0) is 13.8. The molecular formula is C18H35N. The molecule has 19 heavy (non-hydrogen) atoms. The number of nitrogens with one attached hydrogen (secondary N) is 1. The minimum atomic E-state index is 0.742. The van der Waals surface area contributed by atoms with Crippen LogP contribution in [0.15, 0.2) is 11.6 Å². The summed E-state index contributed by atoms with van der Waals surface area (Å²) in [6, 6.07) is 0.742. The lowest BCUT2D eigenvalue weighted by Gasteiger charge is -2.22. The van der Waals surface area contributed by atoms with Crippen LogP contribution in [0.25, 0.3) is 0 Å². The fourth-order valence-electron chi connectivity index (χ4n) is 3.03. The molecule has 0 fully saturated rings. The zero-order valence-corrected chi connectivity index (χ0v) is 13.3. The Morgan fingerprint density at radius 3 is 2.58 bits per heavy atom. The second-order valence-corrected chi connectivity index (χ2v) is 6.17. The van der Waals surface area contributed by atoms with Crippen LogP contribution >= 0.6 is 0 Å². The molecule has 0 bridgehead atoms. The lowest BCUT2D eigenvalue weighted by molar-refractivity contribution is 0.442. The van der Waals surface area contributed by atoms with Crippen molar-refractivity contribution in [1.82, 2.24) is 5.32 Å². The van der Waals surface area contributed by atoms with Crippen LogP contribution in [0.4, 0.5) is 0 Å². The molecule has 1 nitrogen and oxygen atoms in total. The van der Waals surface area contributed by atoms with Crippen molar-refractivity contribution < 1.29 is 0 Å². The van der Waals surface area contributed by atoms with Gasteiger partial charge < -0.3 is 5.32 Å². The van der Waals surface area contributed by atoms with Crippen molar-refractivity contribution >= 4 is 0 Å². The van der Waals surface area contributed by atoms with Gasteiger partial charge in [0.05, 0.1) is 0 Å². The fraction of sp³-hybridized carbons (Fsp3) is 0.889. The summed E-state index contributed by atoms with van der Waals surface area (Å²) < 4.78 is 0. The van der Waals surface area contributed by atoms with Gasteiger partial charge in [-0.3, -0.25) is 0 Å². The van der Waals surface area contributed by atoms with Gasteiger partial charge in [-0.05, 0) is 51.5 Å². The second-order valence-electron chi connectivity index (χ2n) is 6.17. The number of allylic oxidation sites excluding steroid dienone is 1. The van der Waals surface area contributed by atoms with Crippen LogP contribution < -0.4 is 5.32 Å². The molecule has 112 valence electrons. The van der Waals surface area contributed by atoms with Crippen molar-refractivity contribution in [1.29, 1.82) is 0 Å². The lowest BCUT2D eigenvalue weighted by Crippen LogP contribution is -2.30. The number of hydrogen-bond acceptors (Lipinski definition) is 1. The molecule has 1 aliphatic carbocycles. The van der Waals surface area contributed by atoms with Crippen molar-refractivity contribution in [2.45, 2.75) is 96.9 Å². The predicted octanol–water partition coefficient (Wildman–Crippen LogP) is 5.61. The third kappa shape index (κ3) is 8.47.